The van der Waals surface area contributed by atoms with Gasteiger partial charge in [-0.25, -0.2) is 0 Å². The predicted octanol–water partition coefficient (Wildman–Crippen LogP) is 4.88. The van der Waals surface area contributed by atoms with Crippen LogP contribution >= 0.6 is 7.81 Å². The monoisotopic (exact) mass is 273 g/mol. The third-order valence-corrected chi connectivity index (χ3v) is 2.45. The second-order valence-corrected chi connectivity index (χ2v) is 6.94. The number of hydrogen-bond donors (Lipinski definition) is 0. The molecule has 0 aromatic rings. The van der Waals surface area contributed by atoms with Gasteiger partial charge in [-0.15, -0.1) is 0 Å². The van der Waals surface area contributed by atoms with Crippen molar-refractivity contribution in [3.8, 4) is 0 Å². The fourth-order valence-corrected chi connectivity index (χ4v) is 1.40. The van der Waals surface area contributed by atoms with E-state index in [-0.39, 0.29) is 0 Å². The third kappa shape index (κ3) is 16.4. The maximum atomic E-state index is 9.87. The number of quaternary nitrogens is 1. The summed E-state index contributed by atoms with van der Waals surface area (Å²) in [6.45, 7) is 5.11. The van der Waals surface area contributed by atoms with Crippen LogP contribution in [0.5, 0.6) is 0 Å². The number of piperidine rings is 1. The number of hydrogen-bond acceptors (Lipinski definition) is 0. The molecule has 0 N–H and O–H groups in total. The molecular weight excluding hydrogens is 255 g/mol. The van der Waals surface area contributed by atoms with Crippen molar-refractivity contribution in [2.24, 2.45) is 5.92 Å². The minimum absolute atomic E-state index is 0.983. The van der Waals surface area contributed by atoms with Gasteiger partial charge in [0, 0.05) is 0 Å². The summed E-state index contributed by atoms with van der Waals surface area (Å²) in [4.78, 5) is 0. The Morgan fingerprint density at radius 3 is 1.31 bits per heavy atom. The van der Waals surface area contributed by atoms with Gasteiger partial charge in [0.25, 0.3) is 0 Å². The van der Waals surface area contributed by atoms with E-state index >= 15 is 0 Å². The molecule has 0 unspecified atom stereocenters. The topological polar surface area (TPSA) is 0 Å². The zero-order chi connectivity index (χ0) is 13.3. The standard InChI is InChI=1S/C8H18N.F6P/c1-8-4-6-9(2,3)7-5-8;1-7(2,3,4,5)6/h8H,4-7H2,1-3H3;/q+1;-1. The van der Waals surface area contributed by atoms with Crippen molar-refractivity contribution in [3.05, 3.63) is 0 Å². The molecule has 1 heterocycles. The van der Waals surface area contributed by atoms with E-state index in [1.807, 2.05) is 0 Å². The van der Waals surface area contributed by atoms with E-state index in [1.165, 1.54) is 30.4 Å². The fraction of sp³-hybridized carbons (Fsp3) is 1.00. The molecule has 102 valence electrons. The van der Waals surface area contributed by atoms with Crippen molar-refractivity contribution >= 4 is 7.81 Å². The summed E-state index contributed by atoms with van der Waals surface area (Å²) in [6.07, 6.45) is 2.85. The van der Waals surface area contributed by atoms with Crippen LogP contribution in [0.1, 0.15) is 19.8 Å². The molecule has 0 aromatic heterocycles. The molecule has 0 atom stereocenters. The molecule has 1 rings (SSSR count). The zero-order valence-corrected chi connectivity index (χ0v) is 10.5. The van der Waals surface area contributed by atoms with Gasteiger partial charge >= 0.3 is 33.0 Å². The van der Waals surface area contributed by atoms with Crippen molar-refractivity contribution in [3.63, 3.8) is 0 Å². The molecule has 0 amide bonds. The summed E-state index contributed by atoms with van der Waals surface area (Å²) in [5, 5.41) is 0. The molecular formula is C8H18F6NP. The van der Waals surface area contributed by atoms with Gasteiger partial charge in [0.2, 0.25) is 0 Å². The van der Waals surface area contributed by atoms with Crippen molar-refractivity contribution in [2.75, 3.05) is 27.2 Å². The SMILES string of the molecule is CC1CC[N+](C)(C)CC1.F[P-](F)(F)(F)(F)F. The van der Waals surface area contributed by atoms with Crippen molar-refractivity contribution in [1.29, 1.82) is 0 Å². The van der Waals surface area contributed by atoms with Crippen molar-refractivity contribution in [1.82, 2.24) is 0 Å². The van der Waals surface area contributed by atoms with Crippen molar-refractivity contribution in [2.45, 2.75) is 19.8 Å². The summed E-state index contributed by atoms with van der Waals surface area (Å²) >= 11 is 0. The van der Waals surface area contributed by atoms with Gasteiger partial charge in [0.15, 0.2) is 0 Å². The predicted molar refractivity (Wildman–Crippen MR) is 53.8 cm³/mol. The first-order valence-corrected chi connectivity index (χ1v) is 6.96. The van der Waals surface area contributed by atoms with Gasteiger partial charge in [0.05, 0.1) is 27.2 Å². The third-order valence-electron chi connectivity index (χ3n) is 2.45. The molecule has 1 fully saturated rings. The van der Waals surface area contributed by atoms with E-state index in [0.29, 0.717) is 0 Å². The van der Waals surface area contributed by atoms with Gasteiger partial charge in [-0.3, -0.25) is 0 Å². The number of likely N-dealkylation sites (tertiary alicyclic amines) is 1. The molecule has 0 aromatic carbocycles. The Kier molecular flexibility index (Phi) is 3.73. The first-order valence-electron chi connectivity index (χ1n) is 4.93. The molecule has 0 radical (unpaired) electrons. The molecule has 8 heteroatoms. The molecule has 0 bridgehead atoms. The number of nitrogens with zero attached hydrogens (tertiary/aromatic N) is 1. The quantitative estimate of drug-likeness (QED) is 0.335. The van der Waals surface area contributed by atoms with E-state index in [4.69, 9.17) is 0 Å². The van der Waals surface area contributed by atoms with Crippen LogP contribution in [0, 0.1) is 5.92 Å². The minimum atomic E-state index is -10.7. The van der Waals surface area contributed by atoms with Crippen LogP contribution < -0.4 is 0 Å². The van der Waals surface area contributed by atoms with E-state index in [2.05, 4.69) is 21.0 Å². The Bertz CT molecular complexity index is 221. The van der Waals surface area contributed by atoms with Gasteiger partial charge < -0.3 is 4.48 Å². The Labute approximate surface area is 91.2 Å². The Balaban J connectivity index is 0.000000293. The van der Waals surface area contributed by atoms with Crippen LogP contribution in [0.4, 0.5) is 25.2 Å². The second kappa shape index (κ2) is 3.73. The number of halogens is 6. The van der Waals surface area contributed by atoms with E-state index in [1.54, 1.807) is 0 Å². The average Bonchev–Trinajstić information content (AvgIpc) is 1.89. The number of rotatable bonds is 0. The van der Waals surface area contributed by atoms with Crippen LogP contribution in [0.15, 0.2) is 0 Å². The second-order valence-electron chi connectivity index (χ2n) is 5.02. The molecule has 0 spiro atoms. The maximum absolute atomic E-state index is 10.7. The summed E-state index contributed by atoms with van der Waals surface area (Å²) in [7, 11) is -6.01. The van der Waals surface area contributed by atoms with Crippen LogP contribution in [0.2, 0.25) is 0 Å². The summed E-state index contributed by atoms with van der Waals surface area (Å²) in [5.41, 5.74) is 0. The molecule has 16 heavy (non-hydrogen) atoms. The Hall–Kier alpha value is -0.0300. The van der Waals surface area contributed by atoms with E-state index in [0.717, 1.165) is 5.92 Å². The average molecular weight is 273 g/mol. The molecule has 1 aliphatic rings. The zero-order valence-electron chi connectivity index (χ0n) is 9.57. The molecule has 0 aliphatic carbocycles. The first-order chi connectivity index (χ1) is 6.55. The summed E-state index contributed by atoms with van der Waals surface area (Å²) in [6, 6.07) is 0. The van der Waals surface area contributed by atoms with Gasteiger partial charge in [-0.2, -0.15) is 0 Å². The summed E-state index contributed by atoms with van der Waals surface area (Å²) < 4.78 is 60.4. The molecule has 1 nitrogen and oxygen atoms in total. The van der Waals surface area contributed by atoms with Gasteiger partial charge in [-0.05, 0) is 18.8 Å². The van der Waals surface area contributed by atoms with Crippen LogP contribution in [-0.2, 0) is 0 Å². The van der Waals surface area contributed by atoms with Crippen LogP contribution in [0.3, 0.4) is 0 Å². The molecule has 0 saturated carbocycles. The summed E-state index contributed by atoms with van der Waals surface area (Å²) in [5.74, 6) is 0.983. The molecule has 1 saturated heterocycles. The van der Waals surface area contributed by atoms with E-state index < -0.39 is 7.81 Å². The first kappa shape index (κ1) is 16.0. The molecule has 1 aliphatic heterocycles. The van der Waals surface area contributed by atoms with Gasteiger partial charge in [0.1, 0.15) is 0 Å². The van der Waals surface area contributed by atoms with Crippen LogP contribution in [0.25, 0.3) is 0 Å². The van der Waals surface area contributed by atoms with E-state index in [9.17, 15) is 25.2 Å². The van der Waals surface area contributed by atoms with Gasteiger partial charge in [-0.1, -0.05) is 6.92 Å². The van der Waals surface area contributed by atoms with Crippen LogP contribution in [-0.4, -0.2) is 31.7 Å². The fourth-order valence-electron chi connectivity index (χ4n) is 1.40. The Morgan fingerprint density at radius 1 is 0.875 bits per heavy atom. The van der Waals surface area contributed by atoms with Crippen molar-refractivity contribution < 1.29 is 29.7 Å². The Morgan fingerprint density at radius 2 is 1.12 bits per heavy atom. The normalized spacial score (nSPS) is 26.1.